The van der Waals surface area contributed by atoms with Crippen LogP contribution in [0.5, 0.6) is 5.75 Å². The van der Waals surface area contributed by atoms with Crippen LogP contribution in [0.25, 0.3) is 5.76 Å². The summed E-state index contributed by atoms with van der Waals surface area (Å²) in [6.45, 7) is 5.74. The van der Waals surface area contributed by atoms with Gasteiger partial charge in [0.2, 0.25) is 11.7 Å². The van der Waals surface area contributed by atoms with Gasteiger partial charge < -0.3 is 31.1 Å². The van der Waals surface area contributed by atoms with Crippen LogP contribution in [-0.2, 0) is 26.2 Å². The maximum absolute atomic E-state index is 13.8. The van der Waals surface area contributed by atoms with E-state index in [1.807, 2.05) is 26.8 Å². The molecule has 3 aliphatic carbocycles. The van der Waals surface area contributed by atoms with Crippen LogP contribution in [-0.4, -0.2) is 74.6 Å². The fourth-order valence-electron chi connectivity index (χ4n) is 6.20. The molecule has 0 radical (unpaired) electrons. The molecule has 35 heavy (non-hydrogen) atoms. The third kappa shape index (κ3) is 3.55. The van der Waals surface area contributed by atoms with Crippen molar-refractivity contribution in [1.29, 1.82) is 0 Å². The molecule has 190 valence electrons. The molecule has 1 aromatic rings. The minimum Gasteiger partial charge on any atom is -0.507 e. The number of fused-ring (bicyclic) bond motifs is 3. The first-order chi connectivity index (χ1) is 16.0. The number of hydrogen-bond acceptors (Lipinski definition) is 8. The van der Waals surface area contributed by atoms with E-state index in [0.717, 1.165) is 3.57 Å². The summed E-state index contributed by atoms with van der Waals surface area (Å²) in [6, 6.07) is 0.960. The molecule has 1 amide bonds. The van der Waals surface area contributed by atoms with Gasteiger partial charge in [-0.05, 0) is 72.5 Å². The first kappa shape index (κ1) is 26.1. The van der Waals surface area contributed by atoms with Crippen molar-refractivity contribution in [3.05, 3.63) is 31.9 Å². The molecule has 2 fully saturated rings. The van der Waals surface area contributed by atoms with Gasteiger partial charge in [0.15, 0.2) is 11.4 Å². The largest absolute Gasteiger partial charge is 0.507 e. The maximum Gasteiger partial charge on any atom is 0.230 e. The highest BCUT2D eigenvalue weighted by molar-refractivity contribution is 14.1. The van der Waals surface area contributed by atoms with Crippen LogP contribution in [0.15, 0.2) is 11.6 Å². The molecule has 6 atom stereocenters. The van der Waals surface area contributed by atoms with Gasteiger partial charge in [-0.3, -0.25) is 14.4 Å². The van der Waals surface area contributed by atoms with Crippen molar-refractivity contribution in [1.82, 2.24) is 4.90 Å². The topological polar surface area (TPSA) is 161 Å². The van der Waals surface area contributed by atoms with Crippen LogP contribution in [0.4, 0.5) is 0 Å². The molecule has 10 heteroatoms. The Bertz CT molecular complexity index is 1190. The number of aromatic hydroxyl groups is 1. The second-order valence-electron chi connectivity index (χ2n) is 11.1. The average molecular weight is 598 g/mol. The van der Waals surface area contributed by atoms with Gasteiger partial charge in [-0.25, -0.2) is 0 Å². The predicted molar refractivity (Wildman–Crippen MR) is 136 cm³/mol. The molecule has 0 heterocycles. The summed E-state index contributed by atoms with van der Waals surface area (Å²) < 4.78 is 0.817. The van der Waals surface area contributed by atoms with Gasteiger partial charge in [-0.1, -0.05) is 20.8 Å². The zero-order valence-corrected chi connectivity index (χ0v) is 22.5. The number of aliphatic hydroxyl groups is 3. The van der Waals surface area contributed by atoms with E-state index in [-0.39, 0.29) is 23.3 Å². The van der Waals surface area contributed by atoms with Crippen molar-refractivity contribution in [3.8, 4) is 5.75 Å². The number of likely N-dealkylation sites (N-methyl/N-ethyl adjacent to an activating group) is 1. The summed E-state index contributed by atoms with van der Waals surface area (Å²) >= 11 is 2.14. The molecule has 0 bridgehead atoms. The van der Waals surface area contributed by atoms with E-state index in [0.29, 0.717) is 17.5 Å². The summed E-state index contributed by atoms with van der Waals surface area (Å²) in [6.07, 6.45) is -1.09. The molecule has 2 unspecified atom stereocenters. The van der Waals surface area contributed by atoms with Crippen molar-refractivity contribution in [3.63, 3.8) is 0 Å². The van der Waals surface area contributed by atoms with E-state index in [9.17, 15) is 34.8 Å². The Morgan fingerprint density at radius 3 is 2.34 bits per heavy atom. The van der Waals surface area contributed by atoms with Gasteiger partial charge in [0, 0.05) is 26.7 Å². The van der Waals surface area contributed by atoms with Gasteiger partial charge in [-0.2, -0.15) is 0 Å². The number of Topliss-reactive ketones (excluding diaryl/α,β-unsaturated/α-hetero) is 2. The Hall–Kier alpha value is -2.02. The van der Waals surface area contributed by atoms with E-state index in [1.54, 1.807) is 19.0 Å². The molecule has 0 spiro atoms. The number of hydrogen-bond donors (Lipinski definition) is 5. The summed E-state index contributed by atoms with van der Waals surface area (Å²) in [5, 5.41) is 45.0. The zero-order chi connectivity index (χ0) is 26.4. The number of carbonyl (C=O) groups is 3. The lowest BCUT2D eigenvalue weighted by molar-refractivity contribution is -0.184. The van der Waals surface area contributed by atoms with Crippen LogP contribution in [0.2, 0.25) is 0 Å². The minimum absolute atomic E-state index is 0.107. The predicted octanol–water partition coefficient (Wildman–Crippen LogP) is 1.03. The van der Waals surface area contributed by atoms with E-state index < -0.39 is 64.1 Å². The minimum atomic E-state index is -2.64. The van der Waals surface area contributed by atoms with Gasteiger partial charge in [-0.15, -0.1) is 0 Å². The van der Waals surface area contributed by atoms with Crippen molar-refractivity contribution < 1.29 is 34.8 Å². The van der Waals surface area contributed by atoms with Gasteiger partial charge in [0.25, 0.3) is 0 Å². The second-order valence-corrected chi connectivity index (χ2v) is 12.3. The van der Waals surface area contributed by atoms with E-state index in [2.05, 4.69) is 22.6 Å². The number of phenols is 1. The molecule has 0 aliphatic heterocycles. The van der Waals surface area contributed by atoms with Crippen molar-refractivity contribution in [2.75, 3.05) is 14.1 Å². The summed E-state index contributed by atoms with van der Waals surface area (Å²) in [5.41, 5.74) is 3.55. The number of primary amides is 1. The Kier molecular flexibility index (Phi) is 6.14. The van der Waals surface area contributed by atoms with Gasteiger partial charge >= 0.3 is 0 Å². The van der Waals surface area contributed by atoms with Crippen LogP contribution in [0.1, 0.15) is 43.9 Å². The van der Waals surface area contributed by atoms with Crippen LogP contribution >= 0.6 is 22.6 Å². The third-order valence-electron chi connectivity index (χ3n) is 7.84. The van der Waals surface area contributed by atoms with Gasteiger partial charge in [0.05, 0.1) is 11.7 Å². The van der Waals surface area contributed by atoms with Gasteiger partial charge in [0.1, 0.15) is 17.4 Å². The molecular weight excluding hydrogens is 567 g/mol. The van der Waals surface area contributed by atoms with E-state index in [1.165, 1.54) is 0 Å². The van der Waals surface area contributed by atoms with Crippen molar-refractivity contribution in [2.24, 2.45) is 23.5 Å². The van der Waals surface area contributed by atoms with E-state index in [4.69, 9.17) is 5.73 Å². The zero-order valence-electron chi connectivity index (χ0n) is 20.3. The Morgan fingerprint density at radius 2 is 1.83 bits per heavy atom. The van der Waals surface area contributed by atoms with Crippen LogP contribution in [0, 0.1) is 21.3 Å². The fraction of sp³-hybridized carbons (Fsp3) is 0.560. The highest BCUT2D eigenvalue weighted by Gasteiger charge is 2.67. The molecule has 4 rings (SSSR count). The Morgan fingerprint density at radius 1 is 1.23 bits per heavy atom. The SMILES string of the molecule is CN(C)[C@H]1C(O)C(C(N)=O)C(=O)[C@]2(O)C(=O)C3=C(O)c4c(O)c(C(C)(C)C)cc(I)c4C[C@@H]3C[C@H]12. The fourth-order valence-corrected chi connectivity index (χ4v) is 7.00. The number of nitrogens with zero attached hydrogens (tertiary/aromatic N) is 1. The number of aliphatic hydroxyl groups excluding tert-OH is 2. The second kappa shape index (κ2) is 8.25. The molecular formula is C25H31IN2O7. The first-order valence-corrected chi connectivity index (χ1v) is 12.6. The number of halogens is 1. The lowest BCUT2D eigenvalue weighted by Crippen LogP contribution is -2.73. The maximum atomic E-state index is 13.8. The normalized spacial score (nSPS) is 32.9. The molecule has 9 nitrogen and oxygen atoms in total. The lowest BCUT2D eigenvalue weighted by Gasteiger charge is -2.53. The molecule has 2 saturated carbocycles. The quantitative estimate of drug-likeness (QED) is 0.249. The van der Waals surface area contributed by atoms with Crippen molar-refractivity contribution >= 4 is 45.8 Å². The standard InChI is InChI=1S/C25H31IN2O7/c1-24(2,3)12-8-13(26)10-6-9-7-11-17(28(4)5)20(31)16(23(27)34)22(33)25(11,35)21(32)14(9)19(30)15(10)18(12)29/h8-9,11,16-17,20,29-31,35H,6-7H2,1-5H3,(H2,27,34)/t9-,11-,16?,17-,20?,25-/m1/s1. The van der Waals surface area contributed by atoms with Crippen molar-refractivity contribution in [2.45, 2.75) is 56.8 Å². The summed E-state index contributed by atoms with van der Waals surface area (Å²) in [7, 11) is 3.25. The number of nitrogens with two attached hydrogens (primary N) is 1. The molecule has 6 N–H and O–H groups in total. The Labute approximate surface area is 217 Å². The van der Waals surface area contributed by atoms with Crippen LogP contribution < -0.4 is 5.73 Å². The lowest BCUT2D eigenvalue weighted by atomic mass is 9.54. The number of ketones is 2. The Balaban J connectivity index is 1.95. The molecule has 3 aliphatic rings. The summed E-state index contributed by atoms with van der Waals surface area (Å²) in [5.74, 6) is -7.26. The summed E-state index contributed by atoms with van der Waals surface area (Å²) in [4.78, 5) is 40.9. The van der Waals surface area contributed by atoms with Crippen LogP contribution in [0.3, 0.4) is 0 Å². The average Bonchev–Trinajstić information content (AvgIpc) is 2.71. The number of benzene rings is 1. The number of carbonyl (C=O) groups excluding carboxylic acids is 3. The third-order valence-corrected chi connectivity index (χ3v) is 8.80. The monoisotopic (exact) mass is 598 g/mol. The molecule has 0 aromatic heterocycles. The highest BCUT2D eigenvalue weighted by atomic mass is 127. The smallest absolute Gasteiger partial charge is 0.230 e. The van der Waals surface area contributed by atoms with E-state index >= 15 is 0 Å². The number of phenolic OH excluding ortho intramolecular Hbond substituents is 1. The number of amides is 1. The highest BCUT2D eigenvalue weighted by Crippen LogP contribution is 2.53. The molecule has 0 saturated heterocycles. The number of rotatable bonds is 2. The first-order valence-electron chi connectivity index (χ1n) is 11.5. The molecule has 1 aromatic carbocycles.